The van der Waals surface area contributed by atoms with Crippen molar-refractivity contribution in [2.75, 3.05) is 4.72 Å². The highest BCUT2D eigenvalue weighted by molar-refractivity contribution is 7.92. The van der Waals surface area contributed by atoms with Gasteiger partial charge in [0.25, 0.3) is 10.0 Å². The van der Waals surface area contributed by atoms with Crippen molar-refractivity contribution in [2.45, 2.75) is 11.9 Å². The molecule has 0 aliphatic heterocycles. The minimum absolute atomic E-state index is 0.0362. The third-order valence-electron chi connectivity index (χ3n) is 2.52. The van der Waals surface area contributed by atoms with Crippen LogP contribution in [0.2, 0.25) is 0 Å². The Labute approximate surface area is 109 Å². The second kappa shape index (κ2) is 4.73. The Morgan fingerprint density at radius 2 is 2.16 bits per heavy atom. The summed E-state index contributed by atoms with van der Waals surface area (Å²) in [5.41, 5.74) is 6.44. The first-order valence-corrected chi connectivity index (χ1v) is 6.80. The molecule has 1 amide bonds. The van der Waals surface area contributed by atoms with Gasteiger partial charge in [-0.05, 0) is 30.7 Å². The number of imidazole rings is 1. The number of primary amides is 1. The molecule has 7 nitrogen and oxygen atoms in total. The van der Waals surface area contributed by atoms with E-state index in [4.69, 9.17) is 5.73 Å². The number of nitrogens with zero attached hydrogens (tertiary/aromatic N) is 1. The SMILES string of the molecule is Cc1cc(C(N)=O)ccc1NS(=O)(=O)c1cnc[nH]1. The molecule has 0 bridgehead atoms. The Hall–Kier alpha value is -2.35. The lowest BCUT2D eigenvalue weighted by atomic mass is 10.1. The first-order valence-electron chi connectivity index (χ1n) is 5.32. The van der Waals surface area contributed by atoms with E-state index in [1.807, 2.05) is 0 Å². The number of benzene rings is 1. The minimum Gasteiger partial charge on any atom is -0.366 e. The van der Waals surface area contributed by atoms with Crippen LogP contribution in [0.1, 0.15) is 15.9 Å². The summed E-state index contributed by atoms with van der Waals surface area (Å²) < 4.78 is 26.3. The third-order valence-corrected chi connectivity index (χ3v) is 3.81. The average Bonchev–Trinajstić information content (AvgIpc) is 2.85. The van der Waals surface area contributed by atoms with Gasteiger partial charge in [0.1, 0.15) is 0 Å². The fraction of sp³-hybridized carbons (Fsp3) is 0.0909. The Morgan fingerprint density at radius 3 is 2.68 bits per heavy atom. The maximum absolute atomic E-state index is 12.0. The molecule has 1 aromatic heterocycles. The molecule has 0 aliphatic carbocycles. The number of aryl methyl sites for hydroxylation is 1. The molecule has 2 aromatic rings. The second-order valence-corrected chi connectivity index (χ2v) is 5.57. The van der Waals surface area contributed by atoms with Crippen LogP contribution in [0.5, 0.6) is 0 Å². The summed E-state index contributed by atoms with van der Waals surface area (Å²) >= 11 is 0. The monoisotopic (exact) mass is 280 g/mol. The van der Waals surface area contributed by atoms with Crippen molar-refractivity contribution in [3.63, 3.8) is 0 Å². The van der Waals surface area contributed by atoms with Gasteiger partial charge in [0.05, 0.1) is 18.2 Å². The maximum atomic E-state index is 12.0. The maximum Gasteiger partial charge on any atom is 0.278 e. The molecule has 0 fully saturated rings. The highest BCUT2D eigenvalue weighted by Crippen LogP contribution is 2.19. The highest BCUT2D eigenvalue weighted by Gasteiger charge is 2.16. The largest absolute Gasteiger partial charge is 0.366 e. The smallest absolute Gasteiger partial charge is 0.278 e. The van der Waals surface area contributed by atoms with Gasteiger partial charge in [-0.1, -0.05) is 0 Å². The number of nitrogens with one attached hydrogen (secondary N) is 2. The number of carbonyl (C=O) groups is 1. The van der Waals surface area contributed by atoms with Crippen molar-refractivity contribution in [1.29, 1.82) is 0 Å². The molecule has 1 aromatic carbocycles. The van der Waals surface area contributed by atoms with E-state index in [1.54, 1.807) is 6.92 Å². The van der Waals surface area contributed by atoms with Crippen LogP contribution in [0.3, 0.4) is 0 Å². The lowest BCUT2D eigenvalue weighted by Gasteiger charge is -2.09. The summed E-state index contributed by atoms with van der Waals surface area (Å²) in [5.74, 6) is -0.564. The van der Waals surface area contributed by atoms with E-state index in [2.05, 4.69) is 14.7 Å². The quantitative estimate of drug-likeness (QED) is 0.760. The summed E-state index contributed by atoms with van der Waals surface area (Å²) in [6.07, 6.45) is 2.48. The predicted molar refractivity (Wildman–Crippen MR) is 69.1 cm³/mol. The van der Waals surface area contributed by atoms with Gasteiger partial charge in [-0.15, -0.1) is 0 Å². The van der Waals surface area contributed by atoms with Gasteiger partial charge in [0.15, 0.2) is 5.03 Å². The number of H-pyrrole nitrogens is 1. The molecule has 19 heavy (non-hydrogen) atoms. The molecule has 4 N–H and O–H groups in total. The number of nitrogens with two attached hydrogens (primary N) is 1. The summed E-state index contributed by atoms with van der Waals surface area (Å²) in [4.78, 5) is 17.2. The van der Waals surface area contributed by atoms with E-state index in [9.17, 15) is 13.2 Å². The summed E-state index contributed by atoms with van der Waals surface area (Å²) in [6.45, 7) is 1.68. The van der Waals surface area contributed by atoms with Crippen LogP contribution in [0.4, 0.5) is 5.69 Å². The lowest BCUT2D eigenvalue weighted by molar-refractivity contribution is 0.1000. The van der Waals surface area contributed by atoms with Crippen LogP contribution in [-0.2, 0) is 10.0 Å². The molecule has 0 saturated carbocycles. The molecular formula is C11H12N4O3S. The van der Waals surface area contributed by atoms with Gasteiger partial charge >= 0.3 is 0 Å². The zero-order valence-corrected chi connectivity index (χ0v) is 10.9. The van der Waals surface area contributed by atoms with Gasteiger partial charge in [0, 0.05) is 5.56 Å². The summed E-state index contributed by atoms with van der Waals surface area (Å²) in [6, 6.07) is 4.47. The lowest BCUT2D eigenvalue weighted by Crippen LogP contribution is -2.15. The molecule has 8 heteroatoms. The standard InChI is InChI=1S/C11H12N4O3S/c1-7-4-8(11(12)16)2-3-9(7)15-19(17,18)10-5-13-6-14-10/h2-6,15H,1H3,(H2,12,16)(H,13,14). The molecule has 0 unspecified atom stereocenters. The van der Waals surface area contributed by atoms with Crippen LogP contribution in [0, 0.1) is 6.92 Å². The number of amides is 1. The third kappa shape index (κ3) is 2.74. The number of rotatable bonds is 4. The van der Waals surface area contributed by atoms with E-state index in [0.717, 1.165) is 0 Å². The predicted octanol–water partition coefficient (Wildman–Crippen LogP) is 0.618. The number of anilines is 1. The molecule has 1 heterocycles. The number of aromatic amines is 1. The molecule has 100 valence electrons. The number of hydrogen-bond acceptors (Lipinski definition) is 4. The van der Waals surface area contributed by atoms with E-state index in [-0.39, 0.29) is 5.03 Å². The van der Waals surface area contributed by atoms with Crippen molar-refractivity contribution in [3.05, 3.63) is 41.9 Å². The first kappa shape index (κ1) is 13.1. The van der Waals surface area contributed by atoms with Crippen molar-refractivity contribution in [3.8, 4) is 0 Å². The average molecular weight is 280 g/mol. The number of hydrogen-bond donors (Lipinski definition) is 3. The van der Waals surface area contributed by atoms with Gasteiger partial charge < -0.3 is 10.7 Å². The highest BCUT2D eigenvalue weighted by atomic mass is 32.2. The number of aromatic nitrogens is 2. The fourth-order valence-corrected chi connectivity index (χ4v) is 2.56. The Balaban J connectivity index is 2.32. The normalized spacial score (nSPS) is 11.2. The van der Waals surface area contributed by atoms with E-state index < -0.39 is 15.9 Å². The zero-order chi connectivity index (χ0) is 14.0. The summed E-state index contributed by atoms with van der Waals surface area (Å²) in [5, 5.41) is -0.0362. The first-order chi connectivity index (χ1) is 8.90. The molecule has 0 atom stereocenters. The van der Waals surface area contributed by atoms with Crippen LogP contribution in [0.15, 0.2) is 35.7 Å². The van der Waals surface area contributed by atoms with Gasteiger partial charge in [-0.3, -0.25) is 9.52 Å². The molecule has 0 spiro atoms. The Kier molecular flexibility index (Phi) is 3.26. The molecule has 0 radical (unpaired) electrons. The second-order valence-electron chi connectivity index (χ2n) is 3.92. The van der Waals surface area contributed by atoms with Crippen molar-refractivity contribution in [2.24, 2.45) is 5.73 Å². The van der Waals surface area contributed by atoms with Crippen LogP contribution in [0.25, 0.3) is 0 Å². The topological polar surface area (TPSA) is 118 Å². The zero-order valence-electron chi connectivity index (χ0n) is 10.0. The minimum atomic E-state index is -3.71. The number of carbonyl (C=O) groups excluding carboxylic acids is 1. The van der Waals surface area contributed by atoms with Crippen molar-refractivity contribution >= 4 is 21.6 Å². The van der Waals surface area contributed by atoms with Gasteiger partial charge in [-0.25, -0.2) is 4.98 Å². The molecular weight excluding hydrogens is 268 g/mol. The fourth-order valence-electron chi connectivity index (χ4n) is 1.52. The van der Waals surface area contributed by atoms with Crippen LogP contribution < -0.4 is 10.5 Å². The molecule has 0 saturated heterocycles. The van der Waals surface area contributed by atoms with Crippen LogP contribution in [-0.4, -0.2) is 24.3 Å². The van der Waals surface area contributed by atoms with Crippen molar-refractivity contribution in [1.82, 2.24) is 9.97 Å². The van der Waals surface area contributed by atoms with Crippen molar-refractivity contribution < 1.29 is 13.2 Å². The summed E-state index contributed by atoms with van der Waals surface area (Å²) in [7, 11) is -3.71. The Morgan fingerprint density at radius 1 is 1.42 bits per heavy atom. The van der Waals surface area contributed by atoms with E-state index in [1.165, 1.54) is 30.7 Å². The van der Waals surface area contributed by atoms with Gasteiger partial charge in [0.2, 0.25) is 5.91 Å². The molecule has 0 aliphatic rings. The Bertz CT molecular complexity index is 708. The van der Waals surface area contributed by atoms with E-state index in [0.29, 0.717) is 16.8 Å². The van der Waals surface area contributed by atoms with Crippen LogP contribution >= 0.6 is 0 Å². The van der Waals surface area contributed by atoms with Gasteiger partial charge in [-0.2, -0.15) is 8.42 Å². The van der Waals surface area contributed by atoms with E-state index >= 15 is 0 Å². The number of sulfonamides is 1. The molecule has 2 rings (SSSR count).